The van der Waals surface area contributed by atoms with E-state index < -0.39 is 0 Å². The summed E-state index contributed by atoms with van der Waals surface area (Å²) in [6.45, 7) is 2.70. The van der Waals surface area contributed by atoms with Crippen molar-refractivity contribution < 1.29 is 4.79 Å². The molecule has 1 aliphatic heterocycles. The van der Waals surface area contributed by atoms with Crippen LogP contribution in [-0.2, 0) is 4.79 Å². The highest BCUT2D eigenvalue weighted by atomic mass is 16.1. The van der Waals surface area contributed by atoms with Crippen LogP contribution in [0.5, 0.6) is 0 Å². The zero-order valence-corrected chi connectivity index (χ0v) is 8.21. The highest BCUT2D eigenvalue weighted by Gasteiger charge is 2.24. The second kappa shape index (κ2) is 3.42. The largest absolute Gasteiger partial charge is 0.399 e. The van der Waals surface area contributed by atoms with E-state index in [9.17, 15) is 4.79 Å². The molecule has 1 aliphatic carbocycles. The topological polar surface area (TPSA) is 55.1 Å². The van der Waals surface area contributed by atoms with Gasteiger partial charge in [0, 0.05) is 24.2 Å². The molecule has 3 heteroatoms. The number of hydrogen-bond donors (Lipinski definition) is 2. The van der Waals surface area contributed by atoms with Gasteiger partial charge < -0.3 is 11.1 Å². The van der Waals surface area contributed by atoms with Crippen molar-refractivity contribution in [1.29, 1.82) is 0 Å². The molecule has 1 atom stereocenters. The van der Waals surface area contributed by atoms with Crippen LogP contribution in [0.3, 0.4) is 0 Å². The van der Waals surface area contributed by atoms with E-state index in [2.05, 4.69) is 5.32 Å². The van der Waals surface area contributed by atoms with Gasteiger partial charge in [0.1, 0.15) is 0 Å². The minimum Gasteiger partial charge on any atom is -0.399 e. The van der Waals surface area contributed by atoms with E-state index in [1.807, 2.05) is 25.2 Å². The van der Waals surface area contributed by atoms with E-state index in [-0.39, 0.29) is 11.8 Å². The van der Waals surface area contributed by atoms with Gasteiger partial charge in [0.05, 0.1) is 6.04 Å². The Morgan fingerprint density at radius 3 is 3.07 bits per heavy atom. The molecular formula is C11H14N2O. The minimum absolute atomic E-state index is 0.00458. The fourth-order valence-corrected chi connectivity index (χ4v) is 1.88. The second-order valence-electron chi connectivity index (χ2n) is 3.76. The van der Waals surface area contributed by atoms with Gasteiger partial charge in [0.25, 0.3) is 0 Å². The molecule has 14 heavy (non-hydrogen) atoms. The number of nitrogens with one attached hydrogen (secondary N) is 1. The Labute approximate surface area is 83.4 Å². The number of fused-ring (bicyclic) bond motifs is 1. The van der Waals surface area contributed by atoms with Crippen molar-refractivity contribution >= 4 is 5.78 Å². The number of rotatable bonds is 0. The summed E-state index contributed by atoms with van der Waals surface area (Å²) in [5.74, 6) is 0.229. The van der Waals surface area contributed by atoms with Crippen LogP contribution in [-0.4, -0.2) is 18.4 Å². The lowest BCUT2D eigenvalue weighted by Gasteiger charge is -2.22. The maximum absolute atomic E-state index is 11.6. The van der Waals surface area contributed by atoms with Crippen molar-refractivity contribution in [3.63, 3.8) is 0 Å². The molecule has 1 heterocycles. The molecule has 0 amide bonds. The van der Waals surface area contributed by atoms with Crippen molar-refractivity contribution in [3.8, 4) is 0 Å². The maximum atomic E-state index is 11.6. The first-order chi connectivity index (χ1) is 6.66. The highest BCUT2D eigenvalue weighted by molar-refractivity contribution is 5.98. The monoisotopic (exact) mass is 190 g/mol. The SMILES string of the molecule is CC1=CC(N)=CC2NCCC(=O)C2=C1. The van der Waals surface area contributed by atoms with Crippen molar-refractivity contribution in [2.45, 2.75) is 19.4 Å². The van der Waals surface area contributed by atoms with Crippen LogP contribution in [0.15, 0.2) is 35.1 Å². The predicted molar refractivity (Wildman–Crippen MR) is 55.5 cm³/mol. The highest BCUT2D eigenvalue weighted by Crippen LogP contribution is 2.19. The Morgan fingerprint density at radius 2 is 2.29 bits per heavy atom. The summed E-state index contributed by atoms with van der Waals surface area (Å²) in [7, 11) is 0. The van der Waals surface area contributed by atoms with Gasteiger partial charge in [0.2, 0.25) is 0 Å². The molecular weight excluding hydrogens is 176 g/mol. The van der Waals surface area contributed by atoms with Crippen molar-refractivity contribution in [3.05, 3.63) is 35.1 Å². The van der Waals surface area contributed by atoms with Gasteiger partial charge in [-0.25, -0.2) is 0 Å². The zero-order chi connectivity index (χ0) is 10.1. The summed E-state index contributed by atoms with van der Waals surface area (Å²) >= 11 is 0. The van der Waals surface area contributed by atoms with Crippen LogP contribution in [0, 0.1) is 0 Å². The van der Waals surface area contributed by atoms with E-state index >= 15 is 0 Å². The van der Waals surface area contributed by atoms with E-state index in [1.54, 1.807) is 0 Å². The maximum Gasteiger partial charge on any atom is 0.162 e. The summed E-state index contributed by atoms with van der Waals surface area (Å²) in [5, 5.41) is 3.26. The fourth-order valence-electron chi connectivity index (χ4n) is 1.88. The van der Waals surface area contributed by atoms with Gasteiger partial charge in [-0.1, -0.05) is 6.08 Å². The molecule has 0 aromatic heterocycles. The quantitative estimate of drug-likeness (QED) is 0.589. The van der Waals surface area contributed by atoms with Gasteiger partial charge >= 0.3 is 0 Å². The Bertz CT molecular complexity index is 363. The van der Waals surface area contributed by atoms with Gasteiger partial charge in [-0.05, 0) is 24.6 Å². The average molecular weight is 190 g/mol. The molecule has 0 spiro atoms. The number of carbonyl (C=O) groups is 1. The second-order valence-corrected chi connectivity index (χ2v) is 3.76. The molecule has 2 aliphatic rings. The number of ketones is 1. The summed E-state index contributed by atoms with van der Waals surface area (Å²) in [6.07, 6.45) is 6.30. The first-order valence-corrected chi connectivity index (χ1v) is 4.80. The number of nitrogens with two attached hydrogens (primary N) is 1. The van der Waals surface area contributed by atoms with Crippen molar-refractivity contribution in [2.24, 2.45) is 5.73 Å². The van der Waals surface area contributed by atoms with E-state index in [0.29, 0.717) is 6.42 Å². The third-order valence-corrected chi connectivity index (χ3v) is 2.51. The predicted octanol–water partition coefficient (Wildman–Crippen LogP) is 0.646. The van der Waals surface area contributed by atoms with Crippen LogP contribution in [0.25, 0.3) is 0 Å². The third kappa shape index (κ3) is 1.63. The molecule has 0 saturated carbocycles. The molecule has 0 bridgehead atoms. The average Bonchev–Trinajstić information content (AvgIpc) is 2.23. The molecule has 0 aromatic carbocycles. The molecule has 2 rings (SSSR count). The molecule has 1 fully saturated rings. The Morgan fingerprint density at radius 1 is 1.50 bits per heavy atom. The summed E-state index contributed by atoms with van der Waals surface area (Å²) < 4.78 is 0. The third-order valence-electron chi connectivity index (χ3n) is 2.51. The number of allylic oxidation sites excluding steroid dienone is 3. The Hall–Kier alpha value is -1.35. The molecule has 0 aromatic rings. The van der Waals surface area contributed by atoms with E-state index in [0.717, 1.165) is 23.4 Å². The minimum atomic E-state index is 0.00458. The molecule has 74 valence electrons. The van der Waals surface area contributed by atoms with Crippen LogP contribution < -0.4 is 11.1 Å². The first kappa shape index (κ1) is 9.21. The van der Waals surface area contributed by atoms with Crippen molar-refractivity contribution in [2.75, 3.05) is 6.54 Å². The molecule has 3 nitrogen and oxygen atoms in total. The van der Waals surface area contributed by atoms with Gasteiger partial charge in [-0.3, -0.25) is 4.79 Å². The molecule has 1 unspecified atom stereocenters. The summed E-state index contributed by atoms with van der Waals surface area (Å²) in [4.78, 5) is 11.6. The molecule has 1 saturated heterocycles. The lowest BCUT2D eigenvalue weighted by atomic mass is 9.95. The first-order valence-electron chi connectivity index (χ1n) is 4.80. The Kier molecular flexibility index (Phi) is 2.25. The standard InChI is InChI=1S/C11H14N2O/c1-7-4-8(12)6-10-9(5-7)11(14)2-3-13-10/h4-6,10,13H,2-3,12H2,1H3. The van der Waals surface area contributed by atoms with Crippen LogP contribution >= 0.6 is 0 Å². The van der Waals surface area contributed by atoms with Crippen LogP contribution in [0.4, 0.5) is 0 Å². The van der Waals surface area contributed by atoms with Crippen LogP contribution in [0.1, 0.15) is 13.3 Å². The summed E-state index contributed by atoms with van der Waals surface area (Å²) in [6, 6.07) is 0.00458. The summed E-state index contributed by atoms with van der Waals surface area (Å²) in [5.41, 5.74) is 8.37. The zero-order valence-electron chi connectivity index (χ0n) is 8.21. The number of Topliss-reactive ketones (excluding diaryl/α,β-unsaturated/α-hetero) is 1. The Balaban J connectivity index is 2.41. The molecule has 3 N–H and O–H groups in total. The fraction of sp³-hybridized carbons (Fsp3) is 0.364. The number of hydrogen-bond acceptors (Lipinski definition) is 3. The number of carbonyl (C=O) groups excluding carboxylic acids is 1. The lowest BCUT2D eigenvalue weighted by molar-refractivity contribution is -0.116. The smallest absolute Gasteiger partial charge is 0.162 e. The van der Waals surface area contributed by atoms with E-state index in [4.69, 9.17) is 5.73 Å². The van der Waals surface area contributed by atoms with Crippen LogP contribution in [0.2, 0.25) is 0 Å². The number of piperidine rings is 1. The lowest BCUT2D eigenvalue weighted by Crippen LogP contribution is -2.39. The molecule has 0 radical (unpaired) electrons. The van der Waals surface area contributed by atoms with Crippen molar-refractivity contribution in [1.82, 2.24) is 5.32 Å². The normalized spacial score (nSPS) is 27.1. The van der Waals surface area contributed by atoms with Gasteiger partial charge in [-0.15, -0.1) is 0 Å². The van der Waals surface area contributed by atoms with Gasteiger partial charge in [0.15, 0.2) is 5.78 Å². The van der Waals surface area contributed by atoms with E-state index in [1.165, 1.54) is 0 Å². The van der Waals surface area contributed by atoms with Gasteiger partial charge in [-0.2, -0.15) is 0 Å².